The molecule has 0 aliphatic carbocycles. The van der Waals surface area contributed by atoms with Crippen LogP contribution in [0.2, 0.25) is 0 Å². The van der Waals surface area contributed by atoms with Crippen LogP contribution in [0, 0.1) is 0 Å². The monoisotopic (exact) mass is 209 g/mol. The molecule has 1 aliphatic heterocycles. The number of aromatic nitrogens is 2. The first-order valence-corrected chi connectivity index (χ1v) is 5.50. The second-order valence-corrected chi connectivity index (χ2v) is 4.06. The molecule has 16 heavy (non-hydrogen) atoms. The zero-order valence-corrected chi connectivity index (χ0v) is 9.17. The van der Waals surface area contributed by atoms with Crippen molar-refractivity contribution in [1.82, 2.24) is 4.98 Å². The Morgan fingerprint density at radius 3 is 2.75 bits per heavy atom. The molecule has 1 unspecified atom stereocenters. The van der Waals surface area contributed by atoms with Gasteiger partial charge in [0.25, 0.3) is 0 Å². The van der Waals surface area contributed by atoms with Gasteiger partial charge in [-0.3, -0.25) is 0 Å². The third-order valence-electron chi connectivity index (χ3n) is 2.97. The van der Waals surface area contributed by atoms with Crippen molar-refractivity contribution >= 4 is 6.20 Å². The Hall–Kier alpha value is -1.96. The van der Waals surface area contributed by atoms with Crippen LogP contribution in [-0.4, -0.2) is 4.98 Å². The second kappa shape index (κ2) is 3.56. The van der Waals surface area contributed by atoms with Gasteiger partial charge in [-0.1, -0.05) is 25.1 Å². The van der Waals surface area contributed by atoms with Crippen LogP contribution < -0.4 is 4.57 Å². The van der Waals surface area contributed by atoms with E-state index < -0.39 is 0 Å². The fourth-order valence-electron chi connectivity index (χ4n) is 2.09. The number of nitrogens with zero attached hydrogens (tertiary/aromatic N) is 2. The van der Waals surface area contributed by atoms with E-state index in [2.05, 4.69) is 46.9 Å². The van der Waals surface area contributed by atoms with Crippen molar-refractivity contribution in [2.24, 2.45) is 0 Å². The van der Waals surface area contributed by atoms with Gasteiger partial charge in [0.2, 0.25) is 0 Å². The van der Waals surface area contributed by atoms with Gasteiger partial charge in [0.15, 0.2) is 0 Å². The van der Waals surface area contributed by atoms with Crippen LogP contribution in [0.5, 0.6) is 0 Å². The van der Waals surface area contributed by atoms with E-state index in [1.165, 1.54) is 5.69 Å². The molecule has 2 heterocycles. The van der Waals surface area contributed by atoms with Gasteiger partial charge in [-0.25, -0.2) is 0 Å². The first kappa shape index (κ1) is 9.28. The van der Waals surface area contributed by atoms with Crippen LogP contribution >= 0.6 is 0 Å². The molecule has 78 valence electrons. The molecule has 0 amide bonds. The van der Waals surface area contributed by atoms with Crippen molar-refractivity contribution in [2.45, 2.75) is 12.8 Å². The van der Waals surface area contributed by atoms with E-state index in [4.69, 9.17) is 0 Å². The molecule has 0 saturated heterocycles. The maximum absolute atomic E-state index is 4.47. The second-order valence-electron chi connectivity index (χ2n) is 4.06. The molecule has 0 fully saturated rings. The fourth-order valence-corrected chi connectivity index (χ4v) is 2.09. The van der Waals surface area contributed by atoms with Crippen molar-refractivity contribution in [3.8, 4) is 11.4 Å². The van der Waals surface area contributed by atoms with Gasteiger partial charge in [-0.2, -0.15) is 4.57 Å². The van der Waals surface area contributed by atoms with Gasteiger partial charge in [0, 0.05) is 12.0 Å². The highest BCUT2D eigenvalue weighted by atomic mass is 15.1. The summed E-state index contributed by atoms with van der Waals surface area (Å²) in [5.41, 5.74) is 2.46. The highest BCUT2D eigenvalue weighted by Crippen LogP contribution is 2.21. The minimum absolute atomic E-state index is 0.477. The van der Waals surface area contributed by atoms with Crippen molar-refractivity contribution in [3.05, 3.63) is 54.4 Å². The van der Waals surface area contributed by atoms with Crippen LogP contribution in [0.3, 0.4) is 0 Å². The lowest BCUT2D eigenvalue weighted by Gasteiger charge is -2.02. The predicted octanol–water partition coefficient (Wildman–Crippen LogP) is 2.62. The molecule has 3 rings (SSSR count). The van der Waals surface area contributed by atoms with Gasteiger partial charge >= 0.3 is 5.82 Å². The first-order valence-electron chi connectivity index (χ1n) is 5.50. The summed E-state index contributed by atoms with van der Waals surface area (Å²) in [6.07, 6.45) is 6.19. The topological polar surface area (TPSA) is 16.8 Å². The third-order valence-corrected chi connectivity index (χ3v) is 2.97. The van der Waals surface area contributed by atoms with Gasteiger partial charge in [0.1, 0.15) is 11.9 Å². The van der Waals surface area contributed by atoms with E-state index in [0.29, 0.717) is 5.92 Å². The highest BCUT2D eigenvalue weighted by molar-refractivity contribution is 5.52. The number of rotatable bonds is 1. The van der Waals surface area contributed by atoms with Crippen LogP contribution in [0.25, 0.3) is 17.6 Å². The molecular formula is C14H13N2+. The summed E-state index contributed by atoms with van der Waals surface area (Å²) < 4.78 is 2.17. The maximum atomic E-state index is 4.47. The summed E-state index contributed by atoms with van der Waals surface area (Å²) in [5.74, 6) is 1.49. The first-order chi connectivity index (χ1) is 7.86. The Kier molecular flexibility index (Phi) is 2.07. The summed E-state index contributed by atoms with van der Waals surface area (Å²) >= 11 is 0. The molecule has 1 aliphatic rings. The smallest absolute Gasteiger partial charge is 0.200 e. The van der Waals surface area contributed by atoms with Crippen LogP contribution in [0.15, 0.2) is 48.7 Å². The Morgan fingerprint density at radius 1 is 1.12 bits per heavy atom. The summed E-state index contributed by atoms with van der Waals surface area (Å²) in [5, 5.41) is 0. The Bertz CT molecular complexity index is 544. The molecule has 1 aromatic heterocycles. The van der Waals surface area contributed by atoms with E-state index in [0.717, 1.165) is 11.4 Å². The molecule has 0 radical (unpaired) electrons. The van der Waals surface area contributed by atoms with E-state index >= 15 is 0 Å². The highest BCUT2D eigenvalue weighted by Gasteiger charge is 2.23. The molecule has 0 spiro atoms. The number of hydrogen-bond donors (Lipinski definition) is 0. The van der Waals surface area contributed by atoms with Crippen molar-refractivity contribution in [3.63, 3.8) is 0 Å². The number of allylic oxidation sites excluding steroid dienone is 1. The maximum Gasteiger partial charge on any atom is 0.334 e. The number of benzene rings is 1. The number of hydrogen-bond acceptors (Lipinski definition) is 1. The Morgan fingerprint density at radius 2 is 1.94 bits per heavy atom. The van der Waals surface area contributed by atoms with E-state index in [1.807, 2.05) is 24.4 Å². The van der Waals surface area contributed by atoms with E-state index in [-0.39, 0.29) is 0 Å². The SMILES string of the molecule is CC1C=C[n+]2c1ccnc2-c1ccccc1. The van der Waals surface area contributed by atoms with Gasteiger partial charge < -0.3 is 0 Å². The van der Waals surface area contributed by atoms with Crippen LogP contribution in [0.1, 0.15) is 18.5 Å². The van der Waals surface area contributed by atoms with Crippen LogP contribution in [-0.2, 0) is 0 Å². The molecule has 0 bridgehead atoms. The summed E-state index contributed by atoms with van der Waals surface area (Å²) in [6, 6.07) is 12.4. The van der Waals surface area contributed by atoms with Gasteiger partial charge in [-0.15, -0.1) is 0 Å². The molecule has 2 nitrogen and oxygen atoms in total. The Balaban J connectivity index is 2.21. The molecule has 0 saturated carbocycles. The molecule has 2 aromatic rings. The largest absolute Gasteiger partial charge is 0.334 e. The van der Waals surface area contributed by atoms with E-state index in [9.17, 15) is 0 Å². The predicted molar refractivity (Wildman–Crippen MR) is 63.6 cm³/mol. The average molecular weight is 209 g/mol. The standard InChI is InChI=1S/C14H13N2/c1-11-8-10-16-13(11)7-9-15-14(16)12-5-3-2-4-6-12/h2-11H,1H3/q+1. The van der Waals surface area contributed by atoms with E-state index in [1.54, 1.807) is 0 Å². The van der Waals surface area contributed by atoms with Crippen molar-refractivity contribution < 1.29 is 4.57 Å². The average Bonchev–Trinajstić information content (AvgIpc) is 2.73. The van der Waals surface area contributed by atoms with Crippen LogP contribution in [0.4, 0.5) is 0 Å². The quantitative estimate of drug-likeness (QED) is 0.660. The van der Waals surface area contributed by atoms with Crippen molar-refractivity contribution in [2.75, 3.05) is 0 Å². The zero-order chi connectivity index (χ0) is 11.0. The zero-order valence-electron chi connectivity index (χ0n) is 9.17. The fraction of sp³-hybridized carbons (Fsp3) is 0.143. The normalized spacial score (nSPS) is 17.4. The van der Waals surface area contributed by atoms with Crippen molar-refractivity contribution in [1.29, 1.82) is 0 Å². The summed E-state index contributed by atoms with van der Waals surface area (Å²) in [6.45, 7) is 2.20. The van der Waals surface area contributed by atoms with Gasteiger partial charge in [-0.05, 0) is 23.2 Å². The molecule has 1 atom stereocenters. The molecule has 2 heteroatoms. The lowest BCUT2D eigenvalue weighted by Crippen LogP contribution is -2.32. The Labute approximate surface area is 94.9 Å². The summed E-state index contributed by atoms with van der Waals surface area (Å²) in [4.78, 5) is 4.47. The minimum Gasteiger partial charge on any atom is -0.200 e. The summed E-state index contributed by atoms with van der Waals surface area (Å²) in [7, 11) is 0. The van der Waals surface area contributed by atoms with Gasteiger partial charge in [0.05, 0.1) is 11.8 Å². The lowest BCUT2D eigenvalue weighted by molar-refractivity contribution is -0.564. The third kappa shape index (κ3) is 1.34. The minimum atomic E-state index is 0.477. The molecule has 1 aromatic carbocycles. The lowest BCUT2D eigenvalue weighted by atomic mass is 10.1. The molecular weight excluding hydrogens is 196 g/mol. The molecule has 0 N–H and O–H groups in total. The number of fused-ring (bicyclic) bond motifs is 1.